The fourth-order valence-electron chi connectivity index (χ4n) is 3.67. The number of nitrogens with one attached hydrogen (secondary N) is 2. The van der Waals surface area contributed by atoms with Gasteiger partial charge in [0.05, 0.1) is 54.5 Å². The molecule has 0 fully saturated rings. The number of esters is 1. The Labute approximate surface area is 215 Å². The molecule has 0 saturated heterocycles. The number of carbonyl (C=O) groups is 3. The van der Waals surface area contributed by atoms with Gasteiger partial charge in [-0.2, -0.15) is 5.26 Å². The van der Waals surface area contributed by atoms with Crippen molar-refractivity contribution in [3.8, 4) is 17.6 Å². The average molecular weight is 534 g/mol. The summed E-state index contributed by atoms with van der Waals surface area (Å²) in [5.41, 5.74) is 0.208. The minimum atomic E-state index is -1.48. The standard InChI is InChI=1S/C24H21ClFN3O6S/c1-33-17-9-16(18(34-2)8-14(17)25)28-19(30)11-36-23-13(10-27)20(12-6-4-5-7-15(12)26)21(22(31)29-23)24(32)35-3/h4-9,20-21H,11H2,1-3H3,(H,28,30)(H,29,31)/t20-,21+/m0/s1. The van der Waals surface area contributed by atoms with Gasteiger partial charge in [-0.05, 0) is 11.6 Å². The predicted octanol–water partition coefficient (Wildman–Crippen LogP) is 3.61. The summed E-state index contributed by atoms with van der Waals surface area (Å²) in [7, 11) is 3.92. The topological polar surface area (TPSA) is 127 Å². The molecule has 0 unspecified atom stereocenters. The molecule has 0 spiro atoms. The Morgan fingerprint density at radius 3 is 2.50 bits per heavy atom. The van der Waals surface area contributed by atoms with Crippen molar-refractivity contribution in [2.45, 2.75) is 5.92 Å². The maximum absolute atomic E-state index is 14.7. The van der Waals surface area contributed by atoms with Crippen molar-refractivity contribution in [2.75, 3.05) is 32.4 Å². The lowest BCUT2D eigenvalue weighted by molar-refractivity contribution is -0.150. The largest absolute Gasteiger partial charge is 0.495 e. The SMILES string of the molecule is COC(=O)[C@H]1C(=O)NC(SCC(=O)Nc2cc(OC)c(Cl)cc2OC)=C(C#N)[C@@H]1c1ccccc1F. The highest BCUT2D eigenvalue weighted by molar-refractivity contribution is 8.03. The number of ether oxygens (including phenoxy) is 3. The Hall–Kier alpha value is -3.75. The Morgan fingerprint density at radius 1 is 1.19 bits per heavy atom. The van der Waals surface area contributed by atoms with Gasteiger partial charge in [0, 0.05) is 18.1 Å². The quantitative estimate of drug-likeness (QED) is 0.389. The van der Waals surface area contributed by atoms with Crippen molar-refractivity contribution < 1.29 is 33.0 Å². The summed E-state index contributed by atoms with van der Waals surface area (Å²) in [6, 6.07) is 10.5. The minimum absolute atomic E-state index is 0.0140. The van der Waals surface area contributed by atoms with Crippen LogP contribution in [0.5, 0.6) is 11.5 Å². The smallest absolute Gasteiger partial charge is 0.319 e. The van der Waals surface area contributed by atoms with E-state index in [1.807, 2.05) is 6.07 Å². The number of hydrogen-bond donors (Lipinski definition) is 2. The summed E-state index contributed by atoms with van der Waals surface area (Å²) in [6.45, 7) is 0. The average Bonchev–Trinajstić information content (AvgIpc) is 2.87. The second kappa shape index (κ2) is 11.8. The van der Waals surface area contributed by atoms with Crippen LogP contribution in [0.3, 0.4) is 0 Å². The third kappa shape index (κ3) is 5.56. The lowest BCUT2D eigenvalue weighted by Crippen LogP contribution is -2.44. The zero-order valence-electron chi connectivity index (χ0n) is 19.4. The van der Waals surface area contributed by atoms with Crippen molar-refractivity contribution in [1.82, 2.24) is 5.32 Å². The molecule has 0 saturated carbocycles. The summed E-state index contributed by atoms with van der Waals surface area (Å²) < 4.78 is 29.8. The normalized spacial score (nSPS) is 17.1. The van der Waals surface area contributed by atoms with E-state index in [1.165, 1.54) is 50.6 Å². The number of rotatable bonds is 8. The number of amides is 2. The van der Waals surface area contributed by atoms with Crippen LogP contribution in [0.15, 0.2) is 47.0 Å². The van der Waals surface area contributed by atoms with Crippen LogP contribution in [0.25, 0.3) is 0 Å². The van der Waals surface area contributed by atoms with E-state index in [9.17, 15) is 24.0 Å². The van der Waals surface area contributed by atoms with E-state index in [1.54, 1.807) is 0 Å². The molecule has 2 aromatic carbocycles. The number of nitrogens with zero attached hydrogens (tertiary/aromatic N) is 1. The van der Waals surface area contributed by atoms with E-state index in [0.29, 0.717) is 17.2 Å². The Morgan fingerprint density at radius 2 is 1.89 bits per heavy atom. The number of nitriles is 1. The van der Waals surface area contributed by atoms with E-state index in [4.69, 9.17) is 25.8 Å². The summed E-state index contributed by atoms with van der Waals surface area (Å²) in [5, 5.41) is 15.4. The molecule has 36 heavy (non-hydrogen) atoms. The van der Waals surface area contributed by atoms with E-state index >= 15 is 0 Å². The van der Waals surface area contributed by atoms with E-state index in [-0.39, 0.29) is 26.9 Å². The van der Waals surface area contributed by atoms with Crippen molar-refractivity contribution >= 4 is 46.8 Å². The number of hydrogen-bond acceptors (Lipinski definition) is 8. The first-order valence-corrected chi connectivity index (χ1v) is 11.7. The summed E-state index contributed by atoms with van der Waals surface area (Å²) in [5.74, 6) is -5.22. The number of thioether (sulfide) groups is 1. The monoisotopic (exact) mass is 533 g/mol. The molecule has 3 rings (SSSR count). The highest BCUT2D eigenvalue weighted by atomic mass is 35.5. The Kier molecular flexibility index (Phi) is 8.79. The van der Waals surface area contributed by atoms with Crippen molar-refractivity contribution in [3.63, 3.8) is 0 Å². The fourth-order valence-corrected chi connectivity index (χ4v) is 4.74. The highest BCUT2D eigenvalue weighted by Crippen LogP contribution is 2.41. The second-order valence-corrected chi connectivity index (χ2v) is 8.76. The molecule has 0 bridgehead atoms. The molecule has 188 valence electrons. The first-order valence-electron chi connectivity index (χ1n) is 10.4. The van der Waals surface area contributed by atoms with Gasteiger partial charge in [-0.3, -0.25) is 14.4 Å². The molecule has 9 nitrogen and oxygen atoms in total. The molecule has 2 aromatic rings. The molecule has 0 radical (unpaired) electrons. The van der Waals surface area contributed by atoms with Gasteiger partial charge in [0.25, 0.3) is 0 Å². The van der Waals surface area contributed by atoms with E-state index in [0.717, 1.165) is 18.9 Å². The summed E-state index contributed by atoms with van der Waals surface area (Å²) in [4.78, 5) is 38.0. The molecule has 2 amide bonds. The molecule has 2 atom stereocenters. The van der Waals surface area contributed by atoms with Crippen molar-refractivity contribution in [1.29, 1.82) is 5.26 Å². The number of allylic oxidation sites excluding steroid dienone is 1. The summed E-state index contributed by atoms with van der Waals surface area (Å²) in [6.07, 6.45) is 0. The molecular weight excluding hydrogens is 513 g/mol. The fraction of sp³-hybridized carbons (Fsp3) is 0.250. The maximum Gasteiger partial charge on any atom is 0.319 e. The van der Waals surface area contributed by atoms with Gasteiger partial charge in [0.15, 0.2) is 0 Å². The third-order valence-electron chi connectivity index (χ3n) is 5.32. The van der Waals surface area contributed by atoms with Gasteiger partial charge in [-0.15, -0.1) is 0 Å². The first-order chi connectivity index (χ1) is 17.2. The molecule has 1 aliphatic rings. The van der Waals surface area contributed by atoms with Gasteiger partial charge in [0.2, 0.25) is 11.8 Å². The Bertz CT molecular complexity index is 1280. The number of methoxy groups -OCH3 is 3. The van der Waals surface area contributed by atoms with Gasteiger partial charge >= 0.3 is 5.97 Å². The van der Waals surface area contributed by atoms with Crippen LogP contribution in [-0.2, 0) is 19.1 Å². The molecule has 1 aliphatic heterocycles. The van der Waals surface area contributed by atoms with Gasteiger partial charge in [0.1, 0.15) is 23.2 Å². The summed E-state index contributed by atoms with van der Waals surface area (Å²) >= 11 is 6.94. The Balaban J connectivity index is 1.91. The van der Waals surface area contributed by atoms with Crippen LogP contribution >= 0.6 is 23.4 Å². The van der Waals surface area contributed by atoms with Crippen LogP contribution in [0.1, 0.15) is 11.5 Å². The highest BCUT2D eigenvalue weighted by Gasteiger charge is 2.45. The molecular formula is C24H21ClFN3O6S. The van der Waals surface area contributed by atoms with Crippen LogP contribution in [0.4, 0.5) is 10.1 Å². The molecule has 12 heteroatoms. The van der Waals surface area contributed by atoms with Crippen molar-refractivity contribution in [3.05, 3.63) is 63.4 Å². The third-order valence-corrected chi connectivity index (χ3v) is 6.63. The number of anilines is 1. The first kappa shape index (κ1) is 26.8. The zero-order valence-corrected chi connectivity index (χ0v) is 21.0. The second-order valence-electron chi connectivity index (χ2n) is 7.37. The predicted molar refractivity (Wildman–Crippen MR) is 131 cm³/mol. The van der Waals surface area contributed by atoms with Gasteiger partial charge in [-0.1, -0.05) is 41.6 Å². The molecule has 1 heterocycles. The molecule has 0 aliphatic carbocycles. The van der Waals surface area contributed by atoms with Crippen LogP contribution in [-0.4, -0.2) is 44.9 Å². The van der Waals surface area contributed by atoms with Crippen molar-refractivity contribution in [2.24, 2.45) is 5.92 Å². The number of benzene rings is 2. The van der Waals surface area contributed by atoms with Crippen LogP contribution < -0.4 is 20.1 Å². The number of halogens is 2. The van der Waals surface area contributed by atoms with E-state index < -0.39 is 35.4 Å². The van der Waals surface area contributed by atoms with Crippen LogP contribution in [0, 0.1) is 23.1 Å². The lowest BCUT2D eigenvalue weighted by atomic mass is 9.78. The van der Waals surface area contributed by atoms with E-state index in [2.05, 4.69) is 10.6 Å². The van der Waals surface area contributed by atoms with Gasteiger partial charge < -0.3 is 24.8 Å². The minimum Gasteiger partial charge on any atom is -0.495 e. The van der Waals surface area contributed by atoms with Gasteiger partial charge in [-0.25, -0.2) is 4.39 Å². The lowest BCUT2D eigenvalue weighted by Gasteiger charge is -2.31. The zero-order chi connectivity index (χ0) is 26.4. The molecule has 0 aromatic heterocycles. The van der Waals surface area contributed by atoms with Crippen LogP contribution in [0.2, 0.25) is 5.02 Å². The number of carbonyl (C=O) groups excluding carboxylic acids is 3. The maximum atomic E-state index is 14.7. The molecule has 2 N–H and O–H groups in total.